The van der Waals surface area contributed by atoms with Crippen LogP contribution >= 0.6 is 34.7 Å². The second kappa shape index (κ2) is 5.59. The van der Waals surface area contributed by atoms with Gasteiger partial charge in [0.05, 0.1) is 9.77 Å². The molecule has 0 spiro atoms. The van der Waals surface area contributed by atoms with Gasteiger partial charge in [-0.2, -0.15) is 5.26 Å². The van der Waals surface area contributed by atoms with Gasteiger partial charge in [-0.15, -0.1) is 23.1 Å². The number of halogens is 1. The van der Waals surface area contributed by atoms with Crippen molar-refractivity contribution in [3.63, 3.8) is 0 Å². The summed E-state index contributed by atoms with van der Waals surface area (Å²) in [5, 5.41) is 12.0. The number of thioether (sulfide) groups is 1. The smallest absolute Gasteiger partial charge is 0.102 e. The van der Waals surface area contributed by atoms with E-state index in [0.717, 1.165) is 26.7 Å². The minimum absolute atomic E-state index is 0.714. The van der Waals surface area contributed by atoms with E-state index in [1.165, 1.54) is 0 Å². The van der Waals surface area contributed by atoms with Crippen LogP contribution in [0.2, 0.25) is 5.02 Å². The Hall–Kier alpha value is -0.950. The second-order valence-electron chi connectivity index (χ2n) is 3.36. The molecule has 0 saturated heterocycles. The van der Waals surface area contributed by atoms with Crippen molar-refractivity contribution in [1.29, 1.82) is 5.26 Å². The fourth-order valence-electron chi connectivity index (χ4n) is 1.53. The van der Waals surface area contributed by atoms with Crippen LogP contribution in [-0.4, -0.2) is 5.75 Å². The lowest BCUT2D eigenvalue weighted by Crippen LogP contribution is -1.80. The lowest BCUT2D eigenvalue weighted by molar-refractivity contribution is 1.45. The zero-order valence-corrected chi connectivity index (χ0v) is 11.6. The van der Waals surface area contributed by atoms with Crippen LogP contribution in [-0.2, 0) is 0 Å². The Kier molecular flexibility index (Phi) is 4.11. The molecular formula is C13H10ClNS2. The minimum Gasteiger partial charge on any atom is -0.192 e. The lowest BCUT2D eigenvalue weighted by Gasteiger charge is -2.00. The molecule has 0 atom stereocenters. The maximum absolute atomic E-state index is 9.25. The molecule has 0 unspecified atom stereocenters. The van der Waals surface area contributed by atoms with E-state index < -0.39 is 0 Å². The van der Waals surface area contributed by atoms with Crippen LogP contribution in [0, 0.1) is 11.3 Å². The van der Waals surface area contributed by atoms with Crippen LogP contribution in [0.25, 0.3) is 11.1 Å². The Labute approximate surface area is 114 Å². The molecule has 0 aliphatic carbocycles. The van der Waals surface area contributed by atoms with Crippen molar-refractivity contribution in [3.8, 4) is 17.2 Å². The highest BCUT2D eigenvalue weighted by Gasteiger charge is 2.12. The maximum Gasteiger partial charge on any atom is 0.102 e. The molecule has 0 amide bonds. The van der Waals surface area contributed by atoms with Crippen molar-refractivity contribution < 1.29 is 0 Å². The second-order valence-corrected chi connectivity index (χ2v) is 6.21. The third-order valence-corrected chi connectivity index (χ3v) is 4.72. The van der Waals surface area contributed by atoms with E-state index in [-0.39, 0.29) is 0 Å². The topological polar surface area (TPSA) is 23.8 Å². The molecule has 1 nitrogen and oxygen atoms in total. The van der Waals surface area contributed by atoms with Gasteiger partial charge in [-0.3, -0.25) is 0 Å². The van der Waals surface area contributed by atoms with E-state index in [1.54, 1.807) is 23.1 Å². The summed E-state index contributed by atoms with van der Waals surface area (Å²) in [4.78, 5) is 0. The van der Waals surface area contributed by atoms with Crippen molar-refractivity contribution in [2.75, 3.05) is 5.75 Å². The molecule has 2 rings (SSSR count). The number of nitrogens with zero attached hydrogens (tertiary/aromatic N) is 1. The third kappa shape index (κ3) is 2.66. The van der Waals surface area contributed by atoms with Crippen LogP contribution in [0.5, 0.6) is 0 Å². The molecule has 17 heavy (non-hydrogen) atoms. The molecule has 0 N–H and O–H groups in total. The van der Waals surface area contributed by atoms with Gasteiger partial charge in [-0.25, -0.2) is 0 Å². The highest BCUT2D eigenvalue weighted by atomic mass is 35.5. The minimum atomic E-state index is 0.714. The molecule has 1 heterocycles. The van der Waals surface area contributed by atoms with Crippen LogP contribution in [0.1, 0.15) is 12.5 Å². The van der Waals surface area contributed by atoms with Gasteiger partial charge in [0.25, 0.3) is 0 Å². The van der Waals surface area contributed by atoms with E-state index in [0.29, 0.717) is 5.02 Å². The van der Waals surface area contributed by atoms with Crippen LogP contribution in [0.15, 0.2) is 33.9 Å². The fraction of sp³-hybridized carbons (Fsp3) is 0.154. The first-order chi connectivity index (χ1) is 8.26. The molecular weight excluding hydrogens is 270 g/mol. The molecule has 0 aliphatic rings. The molecule has 0 fully saturated rings. The quantitative estimate of drug-likeness (QED) is 0.734. The van der Waals surface area contributed by atoms with E-state index in [1.807, 2.05) is 29.6 Å². The predicted molar refractivity (Wildman–Crippen MR) is 75.9 cm³/mol. The van der Waals surface area contributed by atoms with Crippen molar-refractivity contribution in [3.05, 3.63) is 40.2 Å². The summed E-state index contributed by atoms with van der Waals surface area (Å²) in [5.41, 5.74) is 2.83. The number of thiophene rings is 1. The molecule has 1 aromatic carbocycles. The summed E-state index contributed by atoms with van der Waals surface area (Å²) < 4.78 is 1.10. The number of benzene rings is 1. The molecule has 2 aromatic rings. The maximum atomic E-state index is 9.25. The number of nitriles is 1. The molecule has 0 saturated carbocycles. The lowest BCUT2D eigenvalue weighted by atomic mass is 10.1. The Morgan fingerprint density at radius 2 is 2.06 bits per heavy atom. The average Bonchev–Trinajstić information content (AvgIpc) is 2.73. The Balaban J connectivity index is 2.46. The van der Waals surface area contributed by atoms with E-state index >= 15 is 0 Å². The summed E-state index contributed by atoms with van der Waals surface area (Å²) in [6.07, 6.45) is 0. The van der Waals surface area contributed by atoms with E-state index in [2.05, 4.69) is 13.0 Å². The predicted octanol–water partition coefficient (Wildman–Crippen LogP) is 5.05. The first-order valence-electron chi connectivity index (χ1n) is 5.16. The Bertz CT molecular complexity index is 552. The zero-order valence-electron chi connectivity index (χ0n) is 9.24. The third-order valence-electron chi connectivity index (χ3n) is 2.30. The standard InChI is InChI=1S/C13H10ClNS2/c1-2-16-13-11(7-15)12(8-17-13)9-3-5-10(14)6-4-9/h3-6,8H,2H2,1H3. The van der Waals surface area contributed by atoms with Crippen molar-refractivity contribution in [2.45, 2.75) is 11.1 Å². The van der Waals surface area contributed by atoms with Gasteiger partial charge in [0.1, 0.15) is 6.07 Å². The van der Waals surface area contributed by atoms with Crippen LogP contribution in [0.3, 0.4) is 0 Å². The number of hydrogen-bond donors (Lipinski definition) is 0. The SMILES string of the molecule is CCSc1scc(-c2ccc(Cl)cc2)c1C#N. The van der Waals surface area contributed by atoms with E-state index in [4.69, 9.17) is 11.6 Å². The summed E-state index contributed by atoms with van der Waals surface area (Å²) >= 11 is 9.21. The molecule has 86 valence electrons. The largest absolute Gasteiger partial charge is 0.192 e. The molecule has 0 bridgehead atoms. The van der Waals surface area contributed by atoms with E-state index in [9.17, 15) is 5.26 Å². The highest BCUT2D eigenvalue weighted by Crippen LogP contribution is 2.37. The zero-order chi connectivity index (χ0) is 12.3. The van der Waals surface area contributed by atoms with Gasteiger partial charge >= 0.3 is 0 Å². The average molecular weight is 280 g/mol. The van der Waals surface area contributed by atoms with Gasteiger partial charge in [0.2, 0.25) is 0 Å². The normalized spacial score (nSPS) is 10.2. The van der Waals surface area contributed by atoms with Crippen LogP contribution in [0.4, 0.5) is 0 Å². The van der Waals surface area contributed by atoms with Crippen LogP contribution < -0.4 is 0 Å². The van der Waals surface area contributed by atoms with Gasteiger partial charge in [-0.1, -0.05) is 30.7 Å². The fourth-order valence-corrected chi connectivity index (χ4v) is 3.74. The molecule has 1 aromatic heterocycles. The summed E-state index contributed by atoms with van der Waals surface area (Å²) in [5.74, 6) is 0.981. The molecule has 0 radical (unpaired) electrons. The number of hydrogen-bond acceptors (Lipinski definition) is 3. The molecule has 0 aliphatic heterocycles. The van der Waals surface area contributed by atoms with Crippen molar-refractivity contribution >= 4 is 34.7 Å². The highest BCUT2D eigenvalue weighted by molar-refractivity contribution is 8.01. The monoisotopic (exact) mass is 279 g/mol. The number of rotatable bonds is 3. The summed E-state index contributed by atoms with van der Waals surface area (Å²) in [6, 6.07) is 9.90. The van der Waals surface area contributed by atoms with Crippen molar-refractivity contribution in [1.82, 2.24) is 0 Å². The first-order valence-corrected chi connectivity index (χ1v) is 7.41. The molecule has 4 heteroatoms. The Morgan fingerprint density at radius 1 is 1.35 bits per heavy atom. The van der Waals surface area contributed by atoms with Gasteiger partial charge < -0.3 is 0 Å². The van der Waals surface area contributed by atoms with Crippen molar-refractivity contribution in [2.24, 2.45) is 0 Å². The summed E-state index contributed by atoms with van der Waals surface area (Å²) in [7, 11) is 0. The van der Waals surface area contributed by atoms with Gasteiger partial charge in [-0.05, 0) is 23.4 Å². The van der Waals surface area contributed by atoms with Gasteiger partial charge in [0, 0.05) is 16.0 Å². The van der Waals surface area contributed by atoms with Gasteiger partial charge in [0.15, 0.2) is 0 Å². The summed E-state index contributed by atoms with van der Waals surface area (Å²) in [6.45, 7) is 2.09. The Morgan fingerprint density at radius 3 is 2.65 bits per heavy atom. The first kappa shape index (κ1) is 12.5.